The van der Waals surface area contributed by atoms with Crippen LogP contribution in [0.25, 0.3) is 0 Å². The van der Waals surface area contributed by atoms with E-state index in [-0.39, 0.29) is 25.6 Å². The van der Waals surface area contributed by atoms with Crippen molar-refractivity contribution in [1.82, 2.24) is 9.55 Å². The Balaban J connectivity index is 2.12. The monoisotopic (exact) mass is 359 g/mol. The van der Waals surface area contributed by atoms with Crippen LogP contribution in [0.1, 0.15) is 5.56 Å². The highest BCUT2D eigenvalue weighted by Gasteiger charge is 2.06. The molecule has 1 heterocycles. The number of hydrogen-bond donors (Lipinski definition) is 3. The van der Waals surface area contributed by atoms with Crippen LogP contribution in [0.2, 0.25) is 10.0 Å². The second kappa shape index (κ2) is 8.16. The molecule has 0 saturated carbocycles. The molecular weight excluding hydrogens is 345 g/mol. The fourth-order valence-corrected chi connectivity index (χ4v) is 2.13. The molecule has 0 fully saturated rings. The zero-order valence-corrected chi connectivity index (χ0v) is 13.5. The SMILES string of the molecule is O=c1[nH]c(=O)n(COCCO)cc1NCc1ccc(Cl)c(Cl)c1. The Kier molecular flexibility index (Phi) is 6.23. The largest absolute Gasteiger partial charge is 0.394 e. The number of halogens is 2. The highest BCUT2D eigenvalue weighted by atomic mass is 35.5. The van der Waals surface area contributed by atoms with Crippen LogP contribution in [-0.4, -0.2) is 27.9 Å². The fourth-order valence-electron chi connectivity index (χ4n) is 1.81. The summed E-state index contributed by atoms with van der Waals surface area (Å²) in [5.74, 6) is 0. The zero-order chi connectivity index (χ0) is 16.8. The van der Waals surface area contributed by atoms with E-state index in [0.29, 0.717) is 16.6 Å². The van der Waals surface area contributed by atoms with Crippen LogP contribution in [-0.2, 0) is 18.0 Å². The molecule has 2 rings (SSSR count). The van der Waals surface area contributed by atoms with Gasteiger partial charge in [0.25, 0.3) is 5.56 Å². The Morgan fingerprint density at radius 2 is 2.04 bits per heavy atom. The Morgan fingerprint density at radius 1 is 1.26 bits per heavy atom. The number of aliphatic hydroxyl groups excluding tert-OH is 1. The molecule has 0 spiro atoms. The Labute approximate surface area is 141 Å². The van der Waals surface area contributed by atoms with Gasteiger partial charge >= 0.3 is 5.69 Å². The van der Waals surface area contributed by atoms with E-state index in [9.17, 15) is 9.59 Å². The lowest BCUT2D eigenvalue weighted by Gasteiger charge is -2.10. The van der Waals surface area contributed by atoms with Crippen molar-refractivity contribution >= 4 is 28.9 Å². The first kappa shape index (κ1) is 17.6. The molecule has 0 saturated heterocycles. The van der Waals surface area contributed by atoms with Gasteiger partial charge in [-0.3, -0.25) is 14.3 Å². The van der Waals surface area contributed by atoms with Crippen molar-refractivity contribution in [1.29, 1.82) is 0 Å². The Morgan fingerprint density at radius 3 is 2.74 bits per heavy atom. The third kappa shape index (κ3) is 4.84. The molecule has 0 radical (unpaired) electrons. The molecular formula is C14H15Cl2N3O4. The van der Waals surface area contributed by atoms with E-state index in [1.807, 2.05) is 0 Å². The molecule has 0 aliphatic carbocycles. The number of aromatic amines is 1. The predicted octanol–water partition coefficient (Wildman–Crippen LogP) is 1.42. The first-order chi connectivity index (χ1) is 11.0. The van der Waals surface area contributed by atoms with Crippen LogP contribution in [0.3, 0.4) is 0 Å². The maximum absolute atomic E-state index is 11.8. The lowest BCUT2D eigenvalue weighted by atomic mass is 10.2. The number of H-pyrrole nitrogens is 1. The lowest BCUT2D eigenvalue weighted by Crippen LogP contribution is -2.32. The van der Waals surface area contributed by atoms with Gasteiger partial charge in [0.05, 0.1) is 23.3 Å². The van der Waals surface area contributed by atoms with E-state index in [1.54, 1.807) is 18.2 Å². The quantitative estimate of drug-likeness (QED) is 0.649. The van der Waals surface area contributed by atoms with Gasteiger partial charge in [-0.05, 0) is 17.7 Å². The van der Waals surface area contributed by atoms with Crippen molar-refractivity contribution in [3.05, 3.63) is 60.8 Å². The number of hydrogen-bond acceptors (Lipinski definition) is 5. The molecule has 3 N–H and O–H groups in total. The number of aliphatic hydroxyl groups is 1. The molecule has 23 heavy (non-hydrogen) atoms. The van der Waals surface area contributed by atoms with Crippen LogP contribution in [0.5, 0.6) is 0 Å². The normalized spacial score (nSPS) is 10.7. The van der Waals surface area contributed by atoms with E-state index in [0.717, 1.165) is 5.56 Å². The molecule has 0 bridgehead atoms. The van der Waals surface area contributed by atoms with Gasteiger partial charge in [-0.2, -0.15) is 0 Å². The summed E-state index contributed by atoms with van der Waals surface area (Å²) in [5.41, 5.74) is -0.0853. The fraction of sp³-hybridized carbons (Fsp3) is 0.286. The Bertz CT molecular complexity index is 788. The van der Waals surface area contributed by atoms with Crippen molar-refractivity contribution in [3.63, 3.8) is 0 Å². The van der Waals surface area contributed by atoms with Crippen molar-refractivity contribution < 1.29 is 9.84 Å². The third-order valence-corrected chi connectivity index (χ3v) is 3.68. The van der Waals surface area contributed by atoms with Gasteiger partial charge in [0.15, 0.2) is 0 Å². The summed E-state index contributed by atoms with van der Waals surface area (Å²) in [6, 6.07) is 5.12. The molecule has 7 nitrogen and oxygen atoms in total. The number of rotatable bonds is 7. The van der Waals surface area contributed by atoms with E-state index in [2.05, 4.69) is 10.3 Å². The topological polar surface area (TPSA) is 96.4 Å². The summed E-state index contributed by atoms with van der Waals surface area (Å²) < 4.78 is 6.26. The smallest absolute Gasteiger partial charge is 0.330 e. The second-order valence-electron chi connectivity index (χ2n) is 4.63. The average molecular weight is 360 g/mol. The minimum absolute atomic E-state index is 0.0718. The van der Waals surface area contributed by atoms with Gasteiger partial charge in [-0.1, -0.05) is 29.3 Å². The van der Waals surface area contributed by atoms with E-state index < -0.39 is 11.2 Å². The summed E-state index contributed by atoms with van der Waals surface area (Å²) in [5, 5.41) is 12.5. The van der Waals surface area contributed by atoms with Crippen molar-refractivity contribution in [2.24, 2.45) is 0 Å². The first-order valence-electron chi connectivity index (χ1n) is 6.71. The van der Waals surface area contributed by atoms with E-state index in [4.69, 9.17) is 33.0 Å². The van der Waals surface area contributed by atoms with Crippen LogP contribution >= 0.6 is 23.2 Å². The summed E-state index contributed by atoms with van der Waals surface area (Å²) in [6.45, 7) is 0.200. The molecule has 0 aliphatic heterocycles. The molecule has 0 aliphatic rings. The molecule has 2 aromatic rings. The van der Waals surface area contributed by atoms with Gasteiger partial charge in [0.2, 0.25) is 0 Å². The third-order valence-electron chi connectivity index (χ3n) is 2.94. The van der Waals surface area contributed by atoms with Crippen molar-refractivity contribution in [3.8, 4) is 0 Å². The molecule has 0 atom stereocenters. The van der Waals surface area contributed by atoms with Gasteiger partial charge in [-0.25, -0.2) is 4.79 Å². The molecule has 1 aromatic carbocycles. The van der Waals surface area contributed by atoms with E-state index in [1.165, 1.54) is 10.8 Å². The zero-order valence-electron chi connectivity index (χ0n) is 12.0. The molecule has 124 valence electrons. The highest BCUT2D eigenvalue weighted by molar-refractivity contribution is 6.42. The summed E-state index contributed by atoms with van der Waals surface area (Å²) in [4.78, 5) is 25.6. The molecule has 0 unspecified atom stereocenters. The molecule has 1 aromatic heterocycles. The number of nitrogens with zero attached hydrogens (tertiary/aromatic N) is 1. The standard InChI is InChI=1S/C14H15Cl2N3O4/c15-10-2-1-9(5-11(10)16)6-17-12-7-19(8-23-4-3-20)14(22)18-13(12)21/h1-2,5,7,17,20H,3-4,6,8H2,(H,18,21,22). The maximum atomic E-state index is 11.8. The number of benzene rings is 1. The Hall–Kier alpha value is -1.80. The second-order valence-corrected chi connectivity index (χ2v) is 5.45. The van der Waals surface area contributed by atoms with Crippen molar-refractivity contribution in [2.75, 3.05) is 18.5 Å². The minimum Gasteiger partial charge on any atom is -0.394 e. The first-order valence-corrected chi connectivity index (χ1v) is 7.47. The minimum atomic E-state index is -0.590. The summed E-state index contributed by atoms with van der Waals surface area (Å²) in [6.07, 6.45) is 1.36. The molecule has 0 amide bonds. The number of anilines is 1. The average Bonchev–Trinajstić information content (AvgIpc) is 2.52. The van der Waals surface area contributed by atoms with Gasteiger partial charge in [0.1, 0.15) is 12.4 Å². The maximum Gasteiger partial charge on any atom is 0.330 e. The summed E-state index contributed by atoms with van der Waals surface area (Å²) >= 11 is 11.8. The van der Waals surface area contributed by atoms with Crippen LogP contribution in [0.4, 0.5) is 5.69 Å². The van der Waals surface area contributed by atoms with Gasteiger partial charge < -0.3 is 15.2 Å². The summed E-state index contributed by atoms with van der Waals surface area (Å²) in [7, 11) is 0. The van der Waals surface area contributed by atoms with Crippen molar-refractivity contribution in [2.45, 2.75) is 13.3 Å². The van der Waals surface area contributed by atoms with Crippen LogP contribution in [0, 0.1) is 0 Å². The number of nitrogens with one attached hydrogen (secondary N) is 2. The lowest BCUT2D eigenvalue weighted by molar-refractivity contribution is 0.0457. The van der Waals surface area contributed by atoms with Crippen LogP contribution in [0.15, 0.2) is 34.0 Å². The number of ether oxygens (including phenoxy) is 1. The van der Waals surface area contributed by atoms with Gasteiger partial charge in [0, 0.05) is 12.7 Å². The van der Waals surface area contributed by atoms with Gasteiger partial charge in [-0.15, -0.1) is 0 Å². The van der Waals surface area contributed by atoms with Crippen LogP contribution < -0.4 is 16.6 Å². The predicted molar refractivity (Wildman–Crippen MR) is 88.1 cm³/mol. The molecule has 9 heteroatoms. The highest BCUT2D eigenvalue weighted by Crippen LogP contribution is 2.22. The van der Waals surface area contributed by atoms with E-state index >= 15 is 0 Å². The number of aromatic nitrogens is 2.